The second-order valence-corrected chi connectivity index (χ2v) is 5.96. The lowest BCUT2D eigenvalue weighted by Gasteiger charge is -2.21. The Hall–Kier alpha value is -2.82. The van der Waals surface area contributed by atoms with Gasteiger partial charge in [-0.05, 0) is 17.2 Å². The predicted molar refractivity (Wildman–Crippen MR) is 101 cm³/mol. The summed E-state index contributed by atoms with van der Waals surface area (Å²) in [7, 11) is 3.09. The minimum atomic E-state index is -0.876. The maximum atomic E-state index is 10.8. The quantitative estimate of drug-likeness (QED) is 0.709. The van der Waals surface area contributed by atoms with Crippen molar-refractivity contribution in [2.45, 2.75) is 12.2 Å². The Morgan fingerprint density at radius 2 is 1.00 bits per heavy atom. The smallest absolute Gasteiger partial charge is 0.128 e. The molecule has 0 aliphatic heterocycles. The van der Waals surface area contributed by atoms with Crippen molar-refractivity contribution < 1.29 is 19.7 Å². The molecule has 4 nitrogen and oxygen atoms in total. The summed E-state index contributed by atoms with van der Waals surface area (Å²) in [5, 5.41) is 21.7. The van der Waals surface area contributed by atoms with Crippen LogP contribution in [0.15, 0.2) is 72.8 Å². The molecule has 0 saturated carbocycles. The van der Waals surface area contributed by atoms with Gasteiger partial charge in [0.05, 0.1) is 14.2 Å². The SMILES string of the molecule is COc1cc(OC)c(C(O)c2ccccc2)cc1C(O)c1ccccc1. The fourth-order valence-corrected chi connectivity index (χ4v) is 3.01. The van der Waals surface area contributed by atoms with E-state index in [-0.39, 0.29) is 0 Å². The molecule has 0 spiro atoms. The van der Waals surface area contributed by atoms with E-state index in [0.717, 1.165) is 11.1 Å². The van der Waals surface area contributed by atoms with E-state index in [1.807, 2.05) is 60.7 Å². The van der Waals surface area contributed by atoms with Crippen LogP contribution in [0.5, 0.6) is 11.5 Å². The van der Waals surface area contributed by atoms with Crippen molar-refractivity contribution >= 4 is 0 Å². The van der Waals surface area contributed by atoms with Crippen LogP contribution < -0.4 is 9.47 Å². The van der Waals surface area contributed by atoms with Crippen LogP contribution in [0.3, 0.4) is 0 Å². The molecule has 3 aromatic carbocycles. The Morgan fingerprint density at radius 1 is 0.615 bits per heavy atom. The molecule has 0 aliphatic carbocycles. The Morgan fingerprint density at radius 3 is 1.35 bits per heavy atom. The van der Waals surface area contributed by atoms with Crippen LogP contribution >= 0.6 is 0 Å². The van der Waals surface area contributed by atoms with Crippen molar-refractivity contribution in [3.8, 4) is 11.5 Å². The second-order valence-electron chi connectivity index (χ2n) is 5.96. The van der Waals surface area contributed by atoms with E-state index in [4.69, 9.17) is 9.47 Å². The van der Waals surface area contributed by atoms with Gasteiger partial charge in [0.15, 0.2) is 0 Å². The van der Waals surface area contributed by atoms with Gasteiger partial charge < -0.3 is 19.7 Å². The molecule has 26 heavy (non-hydrogen) atoms. The van der Waals surface area contributed by atoms with Crippen LogP contribution in [0.1, 0.15) is 34.5 Å². The molecular weight excluding hydrogens is 328 g/mol. The van der Waals surface area contributed by atoms with Crippen molar-refractivity contribution in [2.75, 3.05) is 14.2 Å². The standard InChI is InChI=1S/C22H22O4/c1-25-19-14-20(26-2)18(22(24)16-11-7-4-8-12-16)13-17(19)21(23)15-9-5-3-6-10-15/h3-14,21-24H,1-2H3. The van der Waals surface area contributed by atoms with Gasteiger partial charge in [-0.1, -0.05) is 60.7 Å². The number of rotatable bonds is 6. The molecule has 2 atom stereocenters. The van der Waals surface area contributed by atoms with E-state index >= 15 is 0 Å². The van der Waals surface area contributed by atoms with Gasteiger partial charge in [-0.3, -0.25) is 0 Å². The van der Waals surface area contributed by atoms with E-state index in [1.165, 1.54) is 0 Å². The number of benzene rings is 3. The average molecular weight is 350 g/mol. The first-order chi connectivity index (χ1) is 12.7. The largest absolute Gasteiger partial charge is 0.496 e. The van der Waals surface area contributed by atoms with E-state index in [9.17, 15) is 10.2 Å². The molecular formula is C22H22O4. The minimum absolute atomic E-state index is 0.502. The fourth-order valence-electron chi connectivity index (χ4n) is 3.01. The summed E-state index contributed by atoms with van der Waals surface area (Å²) in [5.74, 6) is 1.00. The summed E-state index contributed by atoms with van der Waals surface area (Å²) >= 11 is 0. The van der Waals surface area contributed by atoms with Crippen LogP contribution in [0, 0.1) is 0 Å². The zero-order chi connectivity index (χ0) is 18.5. The third kappa shape index (κ3) is 3.57. The van der Waals surface area contributed by atoms with Gasteiger partial charge in [0.25, 0.3) is 0 Å². The number of hydrogen-bond acceptors (Lipinski definition) is 4. The molecule has 2 unspecified atom stereocenters. The normalized spacial score (nSPS) is 13.1. The highest BCUT2D eigenvalue weighted by molar-refractivity contribution is 5.52. The van der Waals surface area contributed by atoms with Gasteiger partial charge in [0, 0.05) is 17.2 Å². The number of ether oxygens (including phenoxy) is 2. The molecule has 0 saturated heterocycles. The monoisotopic (exact) mass is 350 g/mol. The molecule has 0 heterocycles. The molecule has 2 N–H and O–H groups in total. The highest BCUT2D eigenvalue weighted by Crippen LogP contribution is 2.39. The minimum Gasteiger partial charge on any atom is -0.496 e. The first-order valence-electron chi connectivity index (χ1n) is 8.37. The lowest BCUT2D eigenvalue weighted by Crippen LogP contribution is -2.08. The van der Waals surface area contributed by atoms with E-state index < -0.39 is 12.2 Å². The molecule has 4 heteroatoms. The van der Waals surface area contributed by atoms with Crippen LogP contribution in [0.4, 0.5) is 0 Å². The molecule has 134 valence electrons. The summed E-state index contributed by atoms with van der Waals surface area (Å²) in [6.07, 6.45) is -1.75. The average Bonchev–Trinajstić information content (AvgIpc) is 2.73. The summed E-state index contributed by atoms with van der Waals surface area (Å²) in [6.45, 7) is 0. The van der Waals surface area contributed by atoms with Crippen molar-refractivity contribution in [1.29, 1.82) is 0 Å². The van der Waals surface area contributed by atoms with E-state index in [1.54, 1.807) is 26.4 Å². The summed E-state index contributed by atoms with van der Waals surface area (Å²) in [6, 6.07) is 22.1. The number of hydrogen-bond donors (Lipinski definition) is 2. The van der Waals surface area contributed by atoms with E-state index in [0.29, 0.717) is 22.6 Å². The molecule has 0 aromatic heterocycles. The Labute approximate surface area is 153 Å². The van der Waals surface area contributed by atoms with Crippen LogP contribution in [-0.2, 0) is 0 Å². The lowest BCUT2D eigenvalue weighted by molar-refractivity contribution is 0.206. The highest BCUT2D eigenvalue weighted by Gasteiger charge is 2.23. The maximum Gasteiger partial charge on any atom is 0.128 e. The van der Waals surface area contributed by atoms with Gasteiger partial charge in [0.1, 0.15) is 23.7 Å². The lowest BCUT2D eigenvalue weighted by atomic mass is 9.94. The molecule has 0 aliphatic rings. The molecule has 0 fully saturated rings. The third-order valence-electron chi connectivity index (χ3n) is 4.40. The summed E-state index contributed by atoms with van der Waals surface area (Å²) in [5.41, 5.74) is 2.64. The second kappa shape index (κ2) is 8.04. The van der Waals surface area contributed by atoms with Gasteiger partial charge in [-0.15, -0.1) is 0 Å². The zero-order valence-electron chi connectivity index (χ0n) is 14.8. The molecule has 3 aromatic rings. The number of aliphatic hydroxyl groups is 2. The van der Waals surface area contributed by atoms with Crippen LogP contribution in [-0.4, -0.2) is 24.4 Å². The maximum absolute atomic E-state index is 10.8. The number of methoxy groups -OCH3 is 2. The Bertz CT molecular complexity index is 778. The summed E-state index contributed by atoms with van der Waals surface area (Å²) < 4.78 is 10.9. The van der Waals surface area contributed by atoms with Crippen molar-refractivity contribution in [3.63, 3.8) is 0 Å². The highest BCUT2D eigenvalue weighted by atomic mass is 16.5. The van der Waals surface area contributed by atoms with Gasteiger partial charge >= 0.3 is 0 Å². The topological polar surface area (TPSA) is 58.9 Å². The molecule has 0 radical (unpaired) electrons. The zero-order valence-corrected chi connectivity index (χ0v) is 14.8. The first-order valence-corrected chi connectivity index (χ1v) is 8.37. The van der Waals surface area contributed by atoms with Crippen LogP contribution in [0.25, 0.3) is 0 Å². The number of aliphatic hydroxyl groups excluding tert-OH is 2. The van der Waals surface area contributed by atoms with Gasteiger partial charge in [-0.25, -0.2) is 0 Å². The van der Waals surface area contributed by atoms with E-state index in [2.05, 4.69) is 0 Å². The van der Waals surface area contributed by atoms with Crippen molar-refractivity contribution in [3.05, 3.63) is 95.1 Å². The molecule has 3 rings (SSSR count). The molecule has 0 bridgehead atoms. The Kier molecular flexibility index (Phi) is 5.56. The predicted octanol–water partition coefficient (Wildman–Crippen LogP) is 3.87. The van der Waals surface area contributed by atoms with Gasteiger partial charge in [-0.2, -0.15) is 0 Å². The van der Waals surface area contributed by atoms with Crippen LogP contribution in [0.2, 0.25) is 0 Å². The summed E-state index contributed by atoms with van der Waals surface area (Å²) in [4.78, 5) is 0. The fraction of sp³-hybridized carbons (Fsp3) is 0.182. The first kappa shape index (κ1) is 18.0. The Balaban J connectivity index is 2.10. The van der Waals surface area contributed by atoms with Gasteiger partial charge in [0.2, 0.25) is 0 Å². The van der Waals surface area contributed by atoms with Crippen molar-refractivity contribution in [2.24, 2.45) is 0 Å². The third-order valence-corrected chi connectivity index (χ3v) is 4.40. The van der Waals surface area contributed by atoms with Crippen molar-refractivity contribution in [1.82, 2.24) is 0 Å². The molecule has 0 amide bonds.